The maximum atomic E-state index is 12.1. The van der Waals surface area contributed by atoms with Crippen molar-refractivity contribution in [1.29, 1.82) is 0 Å². The molecule has 0 saturated carbocycles. The summed E-state index contributed by atoms with van der Waals surface area (Å²) < 4.78 is 0. The van der Waals surface area contributed by atoms with Crippen molar-refractivity contribution in [3.63, 3.8) is 0 Å². The molecule has 0 unspecified atom stereocenters. The lowest BCUT2D eigenvalue weighted by molar-refractivity contribution is -0.113. The number of carbonyl (C=O) groups excluding carboxylic acids is 1. The van der Waals surface area contributed by atoms with E-state index >= 15 is 0 Å². The van der Waals surface area contributed by atoms with Crippen LogP contribution in [-0.2, 0) is 4.79 Å². The van der Waals surface area contributed by atoms with Crippen molar-refractivity contribution in [1.82, 2.24) is 15.1 Å². The van der Waals surface area contributed by atoms with Gasteiger partial charge >= 0.3 is 0 Å². The maximum Gasteiger partial charge on any atom is 0.234 e. The van der Waals surface area contributed by atoms with Crippen molar-refractivity contribution in [3.8, 4) is 0 Å². The topological polar surface area (TPSA) is 58.1 Å². The number of hydrogen-bond acceptors (Lipinski definition) is 5. The van der Waals surface area contributed by atoms with Crippen LogP contribution in [-0.4, -0.2) is 52.1 Å². The van der Waals surface area contributed by atoms with Crippen LogP contribution in [0.4, 0.5) is 5.69 Å². The van der Waals surface area contributed by atoms with Crippen LogP contribution in [0.3, 0.4) is 0 Å². The summed E-state index contributed by atoms with van der Waals surface area (Å²) in [7, 11) is 0. The van der Waals surface area contributed by atoms with E-state index in [0.29, 0.717) is 5.75 Å². The summed E-state index contributed by atoms with van der Waals surface area (Å²) in [5, 5.41) is 12.6. The van der Waals surface area contributed by atoms with Crippen molar-refractivity contribution >= 4 is 34.1 Å². The number of amides is 1. The van der Waals surface area contributed by atoms with Gasteiger partial charge in [-0.25, -0.2) is 0 Å². The van der Waals surface area contributed by atoms with Crippen LogP contribution in [0.25, 0.3) is 10.8 Å². The Morgan fingerprint density at radius 3 is 2.77 bits per heavy atom. The minimum Gasteiger partial charge on any atom is -0.325 e. The summed E-state index contributed by atoms with van der Waals surface area (Å²) in [4.78, 5) is 14.4. The Morgan fingerprint density at radius 2 is 2.00 bits per heavy atom. The number of nitrogens with one attached hydrogen (secondary N) is 1. The second kappa shape index (κ2) is 8.70. The highest BCUT2D eigenvalue weighted by Crippen LogP contribution is 2.21. The van der Waals surface area contributed by atoms with E-state index in [0.717, 1.165) is 41.8 Å². The van der Waals surface area contributed by atoms with Gasteiger partial charge in [0, 0.05) is 23.1 Å². The number of benzene rings is 1. The molecule has 1 heterocycles. The first-order chi connectivity index (χ1) is 10.7. The molecule has 0 radical (unpaired) electrons. The molecule has 0 bridgehead atoms. The normalized spacial score (nSPS) is 11.0. The Labute approximate surface area is 135 Å². The zero-order chi connectivity index (χ0) is 15.8. The van der Waals surface area contributed by atoms with Crippen LogP contribution < -0.4 is 5.32 Å². The SMILES string of the molecule is CCN(CC)CCSCC(=O)Nc1cccc2cnncc12. The van der Waals surface area contributed by atoms with Gasteiger partial charge in [-0.3, -0.25) is 4.79 Å². The highest BCUT2D eigenvalue weighted by atomic mass is 32.2. The number of nitrogens with zero attached hydrogens (tertiary/aromatic N) is 3. The predicted molar refractivity (Wildman–Crippen MR) is 93.3 cm³/mol. The van der Waals surface area contributed by atoms with E-state index in [9.17, 15) is 4.79 Å². The lowest BCUT2D eigenvalue weighted by Gasteiger charge is -2.17. The average molecular weight is 318 g/mol. The second-order valence-corrected chi connectivity index (χ2v) is 6.03. The maximum absolute atomic E-state index is 12.1. The molecule has 0 aliphatic heterocycles. The van der Waals surface area contributed by atoms with Crippen molar-refractivity contribution in [3.05, 3.63) is 30.6 Å². The molecule has 0 saturated heterocycles. The number of aromatic nitrogens is 2. The first-order valence-corrected chi connectivity index (χ1v) is 8.69. The number of fused-ring (bicyclic) bond motifs is 1. The van der Waals surface area contributed by atoms with Crippen LogP contribution in [0.15, 0.2) is 30.6 Å². The Bertz CT molecular complexity index is 611. The largest absolute Gasteiger partial charge is 0.325 e. The molecule has 118 valence electrons. The van der Waals surface area contributed by atoms with Crippen molar-refractivity contribution < 1.29 is 4.79 Å². The Kier molecular flexibility index (Phi) is 6.61. The van der Waals surface area contributed by atoms with Crippen LogP contribution in [0, 0.1) is 0 Å². The molecule has 0 atom stereocenters. The van der Waals surface area contributed by atoms with Gasteiger partial charge in [0.15, 0.2) is 0 Å². The third-order valence-electron chi connectivity index (χ3n) is 3.54. The highest BCUT2D eigenvalue weighted by Gasteiger charge is 2.07. The second-order valence-electron chi connectivity index (χ2n) is 4.93. The van der Waals surface area contributed by atoms with Gasteiger partial charge in [0.25, 0.3) is 0 Å². The van der Waals surface area contributed by atoms with Crippen LogP contribution >= 0.6 is 11.8 Å². The first kappa shape index (κ1) is 16.7. The molecule has 0 aliphatic carbocycles. The summed E-state index contributed by atoms with van der Waals surface area (Å²) in [6, 6.07) is 5.76. The molecule has 5 nitrogen and oxygen atoms in total. The Balaban J connectivity index is 1.84. The number of anilines is 1. The number of hydrogen-bond donors (Lipinski definition) is 1. The van der Waals surface area contributed by atoms with E-state index in [-0.39, 0.29) is 5.91 Å². The fourth-order valence-corrected chi connectivity index (χ4v) is 3.01. The van der Waals surface area contributed by atoms with Crippen molar-refractivity contribution in [2.24, 2.45) is 0 Å². The molecule has 6 heteroatoms. The average Bonchev–Trinajstić information content (AvgIpc) is 2.55. The van der Waals surface area contributed by atoms with Crippen LogP contribution in [0.5, 0.6) is 0 Å². The van der Waals surface area contributed by atoms with Crippen LogP contribution in [0.1, 0.15) is 13.8 Å². The van der Waals surface area contributed by atoms with Gasteiger partial charge in [-0.2, -0.15) is 22.0 Å². The molecule has 1 N–H and O–H groups in total. The smallest absolute Gasteiger partial charge is 0.234 e. The fraction of sp³-hybridized carbons (Fsp3) is 0.438. The Morgan fingerprint density at radius 1 is 1.23 bits per heavy atom. The quantitative estimate of drug-likeness (QED) is 0.758. The molecule has 0 aliphatic rings. The summed E-state index contributed by atoms with van der Waals surface area (Å²) in [6.45, 7) is 7.45. The summed E-state index contributed by atoms with van der Waals surface area (Å²) >= 11 is 1.66. The van der Waals surface area contributed by atoms with Crippen molar-refractivity contribution in [2.45, 2.75) is 13.8 Å². The first-order valence-electron chi connectivity index (χ1n) is 7.54. The van der Waals surface area contributed by atoms with Gasteiger partial charge in [0.05, 0.1) is 23.8 Å². The molecule has 1 amide bonds. The third-order valence-corrected chi connectivity index (χ3v) is 4.48. The molecule has 2 aromatic rings. The molecular formula is C16H22N4OS. The standard InChI is InChI=1S/C16H22N4OS/c1-3-20(4-2)8-9-22-12-16(21)19-15-7-5-6-13-10-17-18-11-14(13)15/h5-7,10-11H,3-4,8-9,12H2,1-2H3,(H,19,21). The molecule has 0 spiro atoms. The Hall–Kier alpha value is -1.66. The molecular weight excluding hydrogens is 296 g/mol. The van der Waals surface area contributed by atoms with Gasteiger partial charge in [-0.15, -0.1) is 0 Å². The molecule has 1 aromatic heterocycles. The van der Waals surface area contributed by atoms with E-state index in [2.05, 4.69) is 34.3 Å². The van der Waals surface area contributed by atoms with Crippen molar-refractivity contribution in [2.75, 3.05) is 36.5 Å². The van der Waals surface area contributed by atoms with E-state index in [1.54, 1.807) is 24.2 Å². The highest BCUT2D eigenvalue weighted by molar-refractivity contribution is 7.99. The van der Waals surface area contributed by atoms with E-state index in [4.69, 9.17) is 0 Å². The predicted octanol–water partition coefficient (Wildman–Crippen LogP) is 2.64. The molecule has 2 rings (SSSR count). The monoisotopic (exact) mass is 318 g/mol. The summed E-state index contributed by atoms with van der Waals surface area (Å²) in [6.07, 6.45) is 3.38. The van der Waals surface area contributed by atoms with Gasteiger partial charge < -0.3 is 10.2 Å². The number of carbonyl (C=O) groups is 1. The molecule has 22 heavy (non-hydrogen) atoms. The minimum absolute atomic E-state index is 0.0221. The lowest BCUT2D eigenvalue weighted by atomic mass is 10.1. The fourth-order valence-electron chi connectivity index (χ4n) is 2.22. The zero-order valence-electron chi connectivity index (χ0n) is 13.1. The summed E-state index contributed by atoms with van der Waals surface area (Å²) in [5.74, 6) is 1.46. The van der Waals surface area contributed by atoms with Gasteiger partial charge in [-0.05, 0) is 19.2 Å². The number of thioether (sulfide) groups is 1. The van der Waals surface area contributed by atoms with Gasteiger partial charge in [0.2, 0.25) is 5.91 Å². The van der Waals surface area contributed by atoms with E-state index < -0.39 is 0 Å². The minimum atomic E-state index is 0.0221. The van der Waals surface area contributed by atoms with Gasteiger partial charge in [0.1, 0.15) is 0 Å². The van der Waals surface area contributed by atoms with E-state index in [1.165, 1.54) is 0 Å². The third kappa shape index (κ3) is 4.68. The molecule has 1 aromatic carbocycles. The van der Waals surface area contributed by atoms with E-state index in [1.807, 2.05) is 18.2 Å². The van der Waals surface area contributed by atoms with Crippen LogP contribution in [0.2, 0.25) is 0 Å². The van der Waals surface area contributed by atoms with Gasteiger partial charge in [-0.1, -0.05) is 26.0 Å². The lowest BCUT2D eigenvalue weighted by Crippen LogP contribution is -2.26. The zero-order valence-corrected chi connectivity index (χ0v) is 13.9. The number of rotatable bonds is 8. The summed E-state index contributed by atoms with van der Waals surface area (Å²) in [5.41, 5.74) is 0.793. The molecule has 0 fully saturated rings.